The third kappa shape index (κ3) is 1.22. The Morgan fingerprint density at radius 1 is 0.864 bits per heavy atom. The Hall–Kier alpha value is -2.48. The predicted octanol–water partition coefficient (Wildman–Crippen LogP) is 5.32. The third-order valence-electron chi connectivity index (χ3n) is 5.13. The molecule has 1 aromatic heterocycles. The van der Waals surface area contributed by atoms with Crippen LogP contribution in [-0.4, -0.2) is 4.98 Å². The number of pyridine rings is 1. The standard InChI is InChI=1S/C20H14FN/c1-20(2)15-7-3-5-12-14-9-11(21)10-22-19(14)13-6-4-8-16(20)18(13)17(12)15/h3-10H,1-2H3. The first-order valence-corrected chi connectivity index (χ1v) is 7.52. The Morgan fingerprint density at radius 3 is 2.23 bits per heavy atom. The normalized spacial score (nSPS) is 15.4. The highest BCUT2D eigenvalue weighted by Gasteiger charge is 2.34. The van der Waals surface area contributed by atoms with Gasteiger partial charge in [0.1, 0.15) is 5.82 Å². The first kappa shape index (κ1) is 12.1. The number of hydrogen-bond donors (Lipinski definition) is 0. The minimum absolute atomic E-state index is 0.0305. The molecule has 0 fully saturated rings. The molecule has 0 aliphatic heterocycles. The van der Waals surface area contributed by atoms with Crippen LogP contribution in [0.1, 0.15) is 25.0 Å². The Kier molecular flexibility index (Phi) is 2.00. The molecular formula is C20H14FN. The summed E-state index contributed by atoms with van der Waals surface area (Å²) in [5.74, 6) is -0.284. The summed E-state index contributed by atoms with van der Waals surface area (Å²) >= 11 is 0. The highest BCUT2D eigenvalue weighted by molar-refractivity contribution is 6.27. The molecule has 0 spiro atoms. The number of hydrogen-bond acceptors (Lipinski definition) is 1. The summed E-state index contributed by atoms with van der Waals surface area (Å²) in [6.45, 7) is 4.52. The Balaban J connectivity index is 2.23. The second-order valence-electron chi connectivity index (χ2n) is 6.63. The van der Waals surface area contributed by atoms with Gasteiger partial charge in [0.05, 0.1) is 11.7 Å². The number of nitrogens with zero attached hydrogens (tertiary/aromatic N) is 1. The van der Waals surface area contributed by atoms with Crippen LogP contribution in [0.5, 0.6) is 0 Å². The van der Waals surface area contributed by atoms with E-state index in [2.05, 4.69) is 55.2 Å². The van der Waals surface area contributed by atoms with Gasteiger partial charge in [-0.25, -0.2) is 4.39 Å². The fraction of sp³-hybridized carbons (Fsp3) is 0.150. The predicted molar refractivity (Wildman–Crippen MR) is 88.8 cm³/mol. The van der Waals surface area contributed by atoms with Crippen LogP contribution in [-0.2, 0) is 5.41 Å². The van der Waals surface area contributed by atoms with Gasteiger partial charge in [0.2, 0.25) is 0 Å². The molecule has 4 aromatic rings. The maximum atomic E-state index is 13.8. The van der Waals surface area contributed by atoms with Crippen molar-refractivity contribution in [3.63, 3.8) is 0 Å². The van der Waals surface area contributed by atoms with E-state index >= 15 is 0 Å². The van der Waals surface area contributed by atoms with E-state index in [1.165, 1.54) is 28.1 Å². The smallest absolute Gasteiger partial charge is 0.142 e. The summed E-state index contributed by atoms with van der Waals surface area (Å²) in [5.41, 5.74) is 3.52. The molecule has 0 saturated heterocycles. The number of aromatic nitrogens is 1. The van der Waals surface area contributed by atoms with Crippen molar-refractivity contribution in [2.24, 2.45) is 0 Å². The van der Waals surface area contributed by atoms with E-state index in [4.69, 9.17) is 0 Å². The first-order chi connectivity index (χ1) is 10.6. The molecule has 106 valence electrons. The zero-order chi connectivity index (χ0) is 15.1. The van der Waals surface area contributed by atoms with Gasteiger partial charge in [0, 0.05) is 16.2 Å². The SMILES string of the molecule is CC1(C)c2cccc3c4cc(F)cnc4c4cccc1c4c23. The van der Waals surface area contributed by atoms with Crippen molar-refractivity contribution in [1.82, 2.24) is 4.98 Å². The van der Waals surface area contributed by atoms with E-state index in [9.17, 15) is 4.39 Å². The van der Waals surface area contributed by atoms with Crippen molar-refractivity contribution >= 4 is 32.4 Å². The van der Waals surface area contributed by atoms with Crippen LogP contribution in [0.3, 0.4) is 0 Å². The van der Waals surface area contributed by atoms with E-state index in [1.54, 1.807) is 6.07 Å². The summed E-state index contributed by atoms with van der Waals surface area (Å²) in [4.78, 5) is 4.40. The van der Waals surface area contributed by atoms with Crippen LogP contribution in [0.15, 0.2) is 48.7 Å². The molecule has 0 bridgehead atoms. The Labute approximate surface area is 127 Å². The lowest BCUT2D eigenvalue weighted by Crippen LogP contribution is -2.14. The van der Waals surface area contributed by atoms with Crippen molar-refractivity contribution in [3.05, 3.63) is 65.6 Å². The monoisotopic (exact) mass is 287 g/mol. The largest absolute Gasteiger partial charge is 0.253 e. The van der Waals surface area contributed by atoms with Gasteiger partial charge in [-0.1, -0.05) is 50.2 Å². The Morgan fingerprint density at radius 2 is 1.50 bits per heavy atom. The maximum Gasteiger partial charge on any atom is 0.142 e. The highest BCUT2D eigenvalue weighted by Crippen LogP contribution is 2.50. The molecule has 0 amide bonds. The topological polar surface area (TPSA) is 12.9 Å². The lowest BCUT2D eigenvalue weighted by molar-refractivity contribution is 0.624. The van der Waals surface area contributed by atoms with Crippen LogP contribution in [0, 0.1) is 5.82 Å². The van der Waals surface area contributed by atoms with Crippen molar-refractivity contribution in [2.45, 2.75) is 19.3 Å². The highest BCUT2D eigenvalue weighted by atomic mass is 19.1. The minimum atomic E-state index is -0.284. The van der Waals surface area contributed by atoms with Crippen molar-refractivity contribution in [1.29, 1.82) is 0 Å². The van der Waals surface area contributed by atoms with Gasteiger partial charge < -0.3 is 0 Å². The lowest BCUT2D eigenvalue weighted by atomic mass is 9.82. The van der Waals surface area contributed by atoms with Crippen molar-refractivity contribution in [2.75, 3.05) is 0 Å². The molecule has 2 heteroatoms. The van der Waals surface area contributed by atoms with E-state index in [0.29, 0.717) is 0 Å². The van der Waals surface area contributed by atoms with E-state index < -0.39 is 0 Å². The molecule has 0 unspecified atom stereocenters. The number of fused-ring (bicyclic) bond motifs is 3. The van der Waals surface area contributed by atoms with Gasteiger partial charge in [-0.2, -0.15) is 0 Å². The van der Waals surface area contributed by atoms with Crippen molar-refractivity contribution < 1.29 is 4.39 Å². The number of rotatable bonds is 0. The summed E-state index contributed by atoms with van der Waals surface area (Å²) < 4.78 is 13.8. The first-order valence-electron chi connectivity index (χ1n) is 7.52. The molecule has 1 nitrogen and oxygen atoms in total. The second-order valence-corrected chi connectivity index (χ2v) is 6.63. The molecule has 1 aliphatic carbocycles. The molecule has 0 atom stereocenters. The van der Waals surface area contributed by atoms with E-state index in [1.807, 2.05) is 0 Å². The van der Waals surface area contributed by atoms with Gasteiger partial charge in [-0.3, -0.25) is 4.98 Å². The van der Waals surface area contributed by atoms with Gasteiger partial charge in [0.15, 0.2) is 0 Å². The van der Waals surface area contributed by atoms with Crippen LogP contribution in [0.2, 0.25) is 0 Å². The second kappa shape index (κ2) is 3.64. The van der Waals surface area contributed by atoms with Gasteiger partial charge in [0.25, 0.3) is 0 Å². The molecule has 3 aromatic carbocycles. The zero-order valence-corrected chi connectivity index (χ0v) is 12.4. The van der Waals surface area contributed by atoms with Gasteiger partial charge in [-0.15, -0.1) is 0 Å². The molecule has 5 rings (SSSR count). The fourth-order valence-electron chi connectivity index (χ4n) is 4.11. The molecular weight excluding hydrogens is 273 g/mol. The summed E-state index contributed by atoms with van der Waals surface area (Å²) in [7, 11) is 0. The van der Waals surface area contributed by atoms with Gasteiger partial charge >= 0.3 is 0 Å². The minimum Gasteiger partial charge on any atom is -0.253 e. The Bertz CT molecular complexity index is 1110. The summed E-state index contributed by atoms with van der Waals surface area (Å²) in [5, 5.41) is 5.67. The molecule has 22 heavy (non-hydrogen) atoms. The average molecular weight is 287 g/mol. The molecule has 1 heterocycles. The van der Waals surface area contributed by atoms with Crippen LogP contribution in [0.4, 0.5) is 4.39 Å². The lowest BCUT2D eigenvalue weighted by Gasteiger charge is -2.21. The van der Waals surface area contributed by atoms with Crippen molar-refractivity contribution in [3.8, 4) is 0 Å². The fourth-order valence-corrected chi connectivity index (χ4v) is 4.11. The average Bonchev–Trinajstić information content (AvgIpc) is 2.76. The quantitative estimate of drug-likeness (QED) is 0.399. The number of halogens is 1. The van der Waals surface area contributed by atoms with Gasteiger partial charge in [-0.05, 0) is 33.4 Å². The molecule has 1 aliphatic rings. The van der Waals surface area contributed by atoms with Crippen LogP contribution < -0.4 is 0 Å². The van der Waals surface area contributed by atoms with E-state index in [0.717, 1.165) is 21.7 Å². The third-order valence-corrected chi connectivity index (χ3v) is 5.13. The van der Waals surface area contributed by atoms with Crippen LogP contribution >= 0.6 is 0 Å². The number of benzene rings is 3. The van der Waals surface area contributed by atoms with E-state index in [-0.39, 0.29) is 11.2 Å². The summed E-state index contributed by atoms with van der Waals surface area (Å²) in [6, 6.07) is 14.4. The molecule has 0 radical (unpaired) electrons. The maximum absolute atomic E-state index is 13.8. The molecule has 0 saturated carbocycles. The van der Waals surface area contributed by atoms with Crippen LogP contribution in [0.25, 0.3) is 32.4 Å². The summed E-state index contributed by atoms with van der Waals surface area (Å²) in [6.07, 6.45) is 1.31. The zero-order valence-electron chi connectivity index (χ0n) is 12.4. The molecule has 0 N–H and O–H groups in total.